The van der Waals surface area contributed by atoms with Gasteiger partial charge in [-0.15, -0.1) is 0 Å². The van der Waals surface area contributed by atoms with Gasteiger partial charge in [-0.25, -0.2) is 0 Å². The minimum atomic E-state index is -2.02. The number of nitrogens with one attached hydrogen (secondary N) is 3. The van der Waals surface area contributed by atoms with E-state index in [1.54, 1.807) is 0 Å². The number of carbonyl (C=O) groups is 2. The molecule has 23 heteroatoms. The highest BCUT2D eigenvalue weighted by Gasteiger charge is 2.69. The van der Waals surface area contributed by atoms with E-state index >= 15 is 0 Å². The standard InChI is InChI=1S/C28H47N3O20/c1-7(36)29-13-16(40)20(11(5-34)47-24(13)50-21-12(6-35)48-27-28(31-27,23(21)44)30-8(2)37)49-26-19(43)22(15(39)10(4-33)46-26)51-25-18(42)17(41)14(38)9(3-32)45-25/h9-27,31-35,38-44H,3-6H2,1-2H3,(H,29,36)(H,30,37)/t9-,10-,11-,12-,13-,14-,15-,16-,17+,18+,19+,20-,21-,22+,23+,24+,25-,26+,27+,28+/m1/s1. The summed E-state index contributed by atoms with van der Waals surface area (Å²) in [4.78, 5) is 24.1. The maximum absolute atomic E-state index is 12.3. The van der Waals surface area contributed by atoms with Gasteiger partial charge in [-0.2, -0.15) is 0 Å². The summed E-state index contributed by atoms with van der Waals surface area (Å²) in [7, 11) is 0. The van der Waals surface area contributed by atoms with Gasteiger partial charge in [0.1, 0.15) is 97.7 Å². The van der Waals surface area contributed by atoms with Crippen LogP contribution in [0.5, 0.6) is 0 Å². The molecule has 5 fully saturated rings. The highest BCUT2D eigenvalue weighted by molar-refractivity contribution is 5.74. The highest BCUT2D eigenvalue weighted by atomic mass is 16.8. The van der Waals surface area contributed by atoms with Crippen LogP contribution in [0.4, 0.5) is 0 Å². The van der Waals surface area contributed by atoms with Crippen LogP contribution in [0.2, 0.25) is 0 Å². The molecule has 0 spiro atoms. The van der Waals surface area contributed by atoms with Crippen molar-refractivity contribution in [2.45, 2.75) is 136 Å². The summed E-state index contributed by atoms with van der Waals surface area (Å²) in [5.41, 5.74) is -1.49. The number of hydrogen-bond donors (Lipinski definition) is 14. The van der Waals surface area contributed by atoms with Crippen molar-refractivity contribution in [1.82, 2.24) is 16.0 Å². The van der Waals surface area contributed by atoms with E-state index in [0.29, 0.717) is 0 Å². The molecule has 0 radical (unpaired) electrons. The van der Waals surface area contributed by atoms with Gasteiger partial charge >= 0.3 is 0 Å². The molecule has 14 N–H and O–H groups in total. The summed E-state index contributed by atoms with van der Waals surface area (Å²) in [5.74, 6) is -1.24. The molecule has 0 aromatic carbocycles. The van der Waals surface area contributed by atoms with Crippen LogP contribution in [0, 0.1) is 0 Å². The third-order valence-electron chi connectivity index (χ3n) is 9.49. The topological polar surface area (TPSA) is 367 Å². The first-order valence-corrected chi connectivity index (χ1v) is 16.2. The largest absolute Gasteiger partial charge is 0.394 e. The molecule has 5 rings (SSSR count). The van der Waals surface area contributed by atoms with E-state index in [2.05, 4.69) is 16.0 Å². The van der Waals surface area contributed by atoms with Gasteiger partial charge in [0.15, 0.2) is 24.5 Å². The lowest BCUT2D eigenvalue weighted by atomic mass is 9.94. The molecule has 0 aliphatic carbocycles. The van der Waals surface area contributed by atoms with Crippen LogP contribution in [0.15, 0.2) is 0 Å². The van der Waals surface area contributed by atoms with Crippen molar-refractivity contribution < 1.29 is 98.9 Å². The molecular formula is C28H47N3O20. The average Bonchev–Trinajstić information content (AvgIpc) is 3.80. The number of fused-ring (bicyclic) bond motifs is 1. The maximum atomic E-state index is 12.3. The Kier molecular flexibility index (Phi) is 12.9. The van der Waals surface area contributed by atoms with Gasteiger partial charge in [0.2, 0.25) is 11.8 Å². The molecule has 0 unspecified atom stereocenters. The van der Waals surface area contributed by atoms with E-state index in [4.69, 9.17) is 33.2 Å². The third kappa shape index (κ3) is 7.88. The second-order valence-corrected chi connectivity index (χ2v) is 13.0. The number of aliphatic hydroxyl groups excluding tert-OH is 11. The van der Waals surface area contributed by atoms with E-state index in [0.717, 1.165) is 6.92 Å². The molecule has 0 aromatic rings. The SMILES string of the molecule is CC(=O)N[C@H]1[C@H](O[C@@H]2[C@@H](CO)O[C@@H]3N[C@@]3(NC(C)=O)[C@H]2O)O[C@H](CO)[C@@H](O[C@@H]2O[C@H](CO)[C@@H](O)[C@H](O[C@H]3O[C@H](CO)[C@@H](O)[C@H](O)[C@@H]3O)[C@@H]2O)[C@@H]1O. The summed E-state index contributed by atoms with van der Waals surface area (Å²) in [6.45, 7) is -0.954. The Hall–Kier alpha value is -1.82. The van der Waals surface area contributed by atoms with E-state index in [-0.39, 0.29) is 0 Å². The summed E-state index contributed by atoms with van der Waals surface area (Å²) in [6.07, 6.45) is -29.7. The lowest BCUT2D eigenvalue weighted by Gasteiger charge is -2.49. The smallest absolute Gasteiger partial charge is 0.218 e. The molecule has 0 saturated carbocycles. The second kappa shape index (κ2) is 16.3. The zero-order chi connectivity index (χ0) is 37.5. The van der Waals surface area contributed by atoms with Gasteiger partial charge < -0.3 is 100.0 Å². The second-order valence-electron chi connectivity index (χ2n) is 13.0. The normalized spacial score (nSPS) is 49.9. The van der Waals surface area contributed by atoms with Crippen LogP contribution in [0.3, 0.4) is 0 Å². The Morgan fingerprint density at radius 1 is 0.588 bits per heavy atom. The van der Waals surface area contributed by atoms with Gasteiger partial charge in [-0.3, -0.25) is 14.9 Å². The molecule has 51 heavy (non-hydrogen) atoms. The fourth-order valence-electron chi connectivity index (χ4n) is 6.76. The highest BCUT2D eigenvalue weighted by Crippen LogP contribution is 2.40. The Morgan fingerprint density at radius 2 is 1.10 bits per heavy atom. The van der Waals surface area contributed by atoms with Gasteiger partial charge in [0, 0.05) is 13.8 Å². The Balaban J connectivity index is 1.35. The number of hydrogen-bond acceptors (Lipinski definition) is 21. The number of ether oxygens (including phenoxy) is 7. The zero-order valence-corrected chi connectivity index (χ0v) is 27.4. The first kappa shape index (κ1) is 40.4. The molecule has 0 bridgehead atoms. The summed E-state index contributed by atoms with van der Waals surface area (Å²) in [6, 6.07) is -1.54. The Bertz CT molecular complexity index is 1210. The van der Waals surface area contributed by atoms with Crippen molar-refractivity contribution in [3.8, 4) is 0 Å². The summed E-state index contributed by atoms with van der Waals surface area (Å²) in [5, 5.41) is 123. The lowest BCUT2D eigenvalue weighted by Crippen LogP contribution is -2.70. The van der Waals surface area contributed by atoms with Crippen LogP contribution < -0.4 is 16.0 Å². The summed E-state index contributed by atoms with van der Waals surface area (Å²) < 4.78 is 39.8. The molecule has 5 saturated heterocycles. The average molecular weight is 746 g/mol. The van der Waals surface area contributed by atoms with Gasteiger partial charge in [0.05, 0.1) is 26.4 Å². The molecule has 20 atom stereocenters. The van der Waals surface area contributed by atoms with Crippen molar-refractivity contribution in [1.29, 1.82) is 0 Å². The number of aliphatic hydroxyl groups is 11. The first-order valence-electron chi connectivity index (χ1n) is 16.2. The molecule has 2 amide bonds. The van der Waals surface area contributed by atoms with Crippen molar-refractivity contribution in [3.05, 3.63) is 0 Å². The maximum Gasteiger partial charge on any atom is 0.218 e. The van der Waals surface area contributed by atoms with E-state index in [1.165, 1.54) is 6.92 Å². The Labute approximate surface area is 289 Å². The predicted molar refractivity (Wildman–Crippen MR) is 157 cm³/mol. The minimum Gasteiger partial charge on any atom is -0.394 e. The van der Waals surface area contributed by atoms with E-state index < -0.39 is 161 Å². The molecule has 294 valence electrons. The van der Waals surface area contributed by atoms with Gasteiger partial charge in [-0.1, -0.05) is 0 Å². The van der Waals surface area contributed by atoms with Crippen molar-refractivity contribution >= 4 is 11.8 Å². The molecular weight excluding hydrogens is 698 g/mol. The van der Waals surface area contributed by atoms with Crippen LogP contribution in [-0.4, -0.2) is 217 Å². The summed E-state index contributed by atoms with van der Waals surface area (Å²) >= 11 is 0. The van der Waals surface area contributed by atoms with Crippen molar-refractivity contribution in [3.63, 3.8) is 0 Å². The van der Waals surface area contributed by atoms with Crippen LogP contribution in [0.25, 0.3) is 0 Å². The molecule has 5 heterocycles. The predicted octanol–water partition coefficient (Wildman–Crippen LogP) is -9.52. The molecule has 5 aliphatic rings. The van der Waals surface area contributed by atoms with Gasteiger partial charge in [0.25, 0.3) is 0 Å². The quantitative estimate of drug-likeness (QED) is 0.0824. The lowest BCUT2D eigenvalue weighted by molar-refractivity contribution is -0.378. The Morgan fingerprint density at radius 3 is 1.67 bits per heavy atom. The van der Waals surface area contributed by atoms with Crippen molar-refractivity contribution in [2.75, 3.05) is 26.4 Å². The minimum absolute atomic E-state index is 0.529. The number of amides is 2. The van der Waals surface area contributed by atoms with E-state index in [9.17, 15) is 65.8 Å². The van der Waals surface area contributed by atoms with Crippen LogP contribution >= 0.6 is 0 Å². The fraction of sp³-hybridized carbons (Fsp3) is 0.929. The first-order chi connectivity index (χ1) is 24.1. The van der Waals surface area contributed by atoms with Crippen LogP contribution in [-0.2, 0) is 42.7 Å². The molecule has 0 aromatic heterocycles. The number of carbonyl (C=O) groups excluding carboxylic acids is 2. The van der Waals surface area contributed by atoms with Gasteiger partial charge in [-0.05, 0) is 0 Å². The number of rotatable bonds is 12. The van der Waals surface area contributed by atoms with E-state index in [1.807, 2.05) is 0 Å². The monoisotopic (exact) mass is 745 g/mol. The fourth-order valence-corrected chi connectivity index (χ4v) is 6.76. The van der Waals surface area contributed by atoms with Crippen molar-refractivity contribution in [2.24, 2.45) is 0 Å². The molecule has 5 aliphatic heterocycles. The third-order valence-corrected chi connectivity index (χ3v) is 9.49. The zero-order valence-electron chi connectivity index (χ0n) is 27.4. The molecule has 23 nitrogen and oxygen atoms in total. The van der Waals surface area contributed by atoms with Crippen LogP contribution in [0.1, 0.15) is 13.8 Å².